The molecule has 0 saturated heterocycles. The van der Waals surface area contributed by atoms with Gasteiger partial charge in [-0.15, -0.1) is 78.6 Å². The van der Waals surface area contributed by atoms with Crippen LogP contribution in [-0.2, 0) is 51.4 Å². The Morgan fingerprint density at radius 1 is 0.286 bits per heavy atom. The average molecular weight is 1320 g/mol. The molecule has 0 spiro atoms. The number of benzene rings is 6. The van der Waals surface area contributed by atoms with Crippen LogP contribution in [0.4, 0.5) is 0 Å². The number of nitrogens with zero attached hydrogens (tertiary/aromatic N) is 15. The summed E-state index contributed by atoms with van der Waals surface area (Å²) in [6.07, 6.45) is 1.64. The third kappa shape index (κ3) is 18.7. The van der Waals surface area contributed by atoms with Gasteiger partial charge in [-0.3, -0.25) is 4.79 Å². The molecular formula is C65H41N15O18-8. The van der Waals surface area contributed by atoms with Crippen molar-refractivity contribution in [2.45, 2.75) is 58.3 Å². The highest BCUT2D eigenvalue weighted by Crippen LogP contribution is 2.22. The lowest BCUT2D eigenvalue weighted by Gasteiger charge is -2.14. The molecule has 0 unspecified atom stereocenters. The Morgan fingerprint density at radius 3 is 0.755 bits per heavy atom. The van der Waals surface area contributed by atoms with Crippen molar-refractivity contribution in [2.75, 3.05) is 0 Å². The first-order chi connectivity index (χ1) is 46.6. The molecule has 4 heterocycles. The zero-order valence-corrected chi connectivity index (χ0v) is 50.4. The number of carbonyl (C=O) groups is 9. The Hall–Kier alpha value is -13.9. The molecule has 0 saturated carbocycles. The zero-order valence-electron chi connectivity index (χ0n) is 50.4. The number of hydrogen-bond acceptors (Lipinski definition) is 32. The van der Waals surface area contributed by atoms with Crippen molar-refractivity contribution in [3.05, 3.63) is 269 Å². The lowest BCUT2D eigenvalue weighted by molar-refractivity contribution is -0.257. The fourth-order valence-corrected chi connectivity index (χ4v) is 9.64. The van der Waals surface area contributed by atoms with Crippen molar-refractivity contribution in [3.8, 4) is 0 Å². The highest BCUT2D eigenvalue weighted by molar-refractivity contribution is 5.98. The molecule has 4 aromatic heterocycles. The van der Waals surface area contributed by atoms with E-state index in [0.29, 0.717) is 39.1 Å². The van der Waals surface area contributed by atoms with Gasteiger partial charge in [-0.05, 0) is 181 Å². The normalized spacial score (nSPS) is 10.8. The van der Waals surface area contributed by atoms with Gasteiger partial charge in [0.25, 0.3) is 0 Å². The van der Waals surface area contributed by atoms with Gasteiger partial charge in [0.2, 0.25) is 0 Å². The van der Waals surface area contributed by atoms with Crippen molar-refractivity contribution >= 4 is 59.3 Å². The molecule has 0 bridgehead atoms. The van der Waals surface area contributed by atoms with E-state index in [9.17, 15) is 89.1 Å². The van der Waals surface area contributed by atoms with E-state index in [1.807, 2.05) is 12.1 Å². The lowest BCUT2D eigenvalue weighted by atomic mass is 9.99. The number of carboxylic acids is 8. The summed E-state index contributed by atoms with van der Waals surface area (Å²) in [6, 6.07) is 23.8. The fourth-order valence-electron chi connectivity index (χ4n) is 9.64. The molecule has 0 aliphatic carbocycles. The van der Waals surface area contributed by atoms with Crippen molar-refractivity contribution in [3.63, 3.8) is 0 Å². The van der Waals surface area contributed by atoms with Crippen LogP contribution in [0, 0.1) is 0 Å². The number of carboxylic acid groups (broad SMARTS) is 8. The minimum Gasteiger partial charge on any atom is -0.872 e. The molecule has 0 aliphatic heterocycles. The highest BCUT2D eigenvalue weighted by atomic mass is 16.4. The molecule has 0 aliphatic rings. The van der Waals surface area contributed by atoms with Gasteiger partial charge < -0.3 is 79.5 Å². The van der Waals surface area contributed by atoms with Crippen LogP contribution in [0.25, 0.3) is 5.76 Å². The third-order valence-corrected chi connectivity index (χ3v) is 14.0. The third-order valence-electron chi connectivity index (χ3n) is 14.0. The molecule has 1 N–H and O–H groups in total. The van der Waals surface area contributed by atoms with Crippen molar-refractivity contribution in [1.82, 2.24) is 76.4 Å². The summed E-state index contributed by atoms with van der Waals surface area (Å²) >= 11 is 0. The van der Waals surface area contributed by atoms with Crippen LogP contribution in [0.5, 0.6) is 0 Å². The number of carbonyl (C=O) groups excluding carboxylic acids is 8. The van der Waals surface area contributed by atoms with Gasteiger partial charge >= 0.3 is 5.97 Å². The molecule has 0 radical (unpaired) electrons. The first kappa shape index (κ1) is 68.5. The van der Waals surface area contributed by atoms with Gasteiger partial charge in [0.05, 0.1) is 59.2 Å². The molecule has 98 heavy (non-hydrogen) atoms. The Labute approximate surface area is 549 Å². The van der Waals surface area contributed by atoms with Crippen LogP contribution in [0.15, 0.2) is 122 Å². The molecule has 10 rings (SSSR count). The van der Waals surface area contributed by atoms with Gasteiger partial charge in [0, 0.05) is 56.9 Å². The molecule has 0 fully saturated rings. The highest BCUT2D eigenvalue weighted by Gasteiger charge is 2.17. The summed E-state index contributed by atoms with van der Waals surface area (Å²) in [7, 11) is 0. The minimum atomic E-state index is -1.58. The van der Waals surface area contributed by atoms with Gasteiger partial charge in [-0.1, -0.05) is 24.3 Å². The van der Waals surface area contributed by atoms with Crippen molar-refractivity contribution in [2.24, 2.45) is 0 Å². The van der Waals surface area contributed by atoms with Crippen LogP contribution >= 0.6 is 0 Å². The summed E-state index contributed by atoms with van der Waals surface area (Å²) in [5.74, 6) is -11.9. The van der Waals surface area contributed by atoms with Gasteiger partial charge in [-0.2, -0.15) is 5.10 Å². The predicted octanol–water partition coefficient (Wildman–Crippen LogP) is -5.20. The Balaban J connectivity index is 0.000000293. The van der Waals surface area contributed by atoms with Crippen molar-refractivity contribution in [1.29, 1.82) is 0 Å². The second-order valence-corrected chi connectivity index (χ2v) is 21.5. The summed E-state index contributed by atoms with van der Waals surface area (Å²) in [5, 5.41) is 158. The molecule has 492 valence electrons. The van der Waals surface area contributed by atoms with Crippen LogP contribution in [0.2, 0.25) is 0 Å². The van der Waals surface area contributed by atoms with Crippen LogP contribution in [-0.4, -0.2) is 135 Å². The van der Waals surface area contributed by atoms with Crippen molar-refractivity contribution < 1.29 is 89.1 Å². The predicted molar refractivity (Wildman–Crippen MR) is 310 cm³/mol. The molecule has 10 aromatic rings. The van der Waals surface area contributed by atoms with E-state index in [1.165, 1.54) is 85.9 Å². The molecule has 0 atom stereocenters. The lowest BCUT2D eigenvalue weighted by Crippen LogP contribution is -2.26. The smallest absolute Gasteiger partial charge is 0.335 e. The topological polar surface area (TPSA) is 552 Å². The van der Waals surface area contributed by atoms with E-state index in [1.54, 1.807) is 6.07 Å². The summed E-state index contributed by atoms with van der Waals surface area (Å²) in [6.45, 7) is 4.57. The molecular weight excluding hydrogens is 1280 g/mol. The Kier molecular flexibility index (Phi) is 21.1. The first-order valence-corrected chi connectivity index (χ1v) is 28.4. The van der Waals surface area contributed by atoms with E-state index in [-0.39, 0.29) is 165 Å². The number of aromatic nitrogens is 15. The van der Waals surface area contributed by atoms with E-state index >= 15 is 0 Å². The van der Waals surface area contributed by atoms with Crippen LogP contribution in [0.3, 0.4) is 0 Å². The molecule has 0 amide bonds. The van der Waals surface area contributed by atoms with E-state index < -0.39 is 53.5 Å². The largest absolute Gasteiger partial charge is 0.872 e. The maximum atomic E-state index is 12.0. The average Bonchev–Trinajstić information content (AvgIpc) is 0.860. The summed E-state index contributed by atoms with van der Waals surface area (Å²) < 4.78 is 0. The number of Topliss-reactive ketones (excluding diaryl/α,β-unsaturated/α-hetero) is 1. The van der Waals surface area contributed by atoms with E-state index in [0.717, 1.165) is 18.2 Å². The van der Waals surface area contributed by atoms with Crippen LogP contribution < -0.4 is 40.9 Å². The SMILES string of the molecule is C=C([O-])c1cc(Cc2cnc(Cc3cc(C(=O)[O-])cc(C(=O)[O-])c3)nn2)cc(C(=O)[O-])c1.CC(=O)c1cc(Cc2nnc(Cc3cc(Cc4nnc(Cc5cc(C(=O)[O-])cc(C(=O)[O-])c5)nn4)cc(Cc4nnc(Cc5cc(C(=O)[O-])cc(C(=O)O)c5)nn4)c3)nn2)cc(C(=O)[O-])c1. The first-order valence-electron chi connectivity index (χ1n) is 28.4. The number of ketones is 1. The minimum absolute atomic E-state index is 0.00496. The second-order valence-electron chi connectivity index (χ2n) is 21.5. The fraction of sp³-hybridized carbons (Fsp3) is 0.138. The van der Waals surface area contributed by atoms with E-state index in [2.05, 4.69) is 82.9 Å². The maximum Gasteiger partial charge on any atom is 0.335 e. The molecule has 33 heteroatoms. The van der Waals surface area contributed by atoms with Gasteiger partial charge in [-0.25, -0.2) is 9.78 Å². The number of hydrogen-bond donors (Lipinski definition) is 1. The molecule has 6 aromatic carbocycles. The van der Waals surface area contributed by atoms with E-state index in [4.69, 9.17) is 0 Å². The monoisotopic (exact) mass is 1320 g/mol. The quantitative estimate of drug-likeness (QED) is 0.0391. The maximum absolute atomic E-state index is 12.0. The zero-order chi connectivity index (χ0) is 70.5. The summed E-state index contributed by atoms with van der Waals surface area (Å²) in [4.78, 5) is 107. The number of rotatable bonds is 26. The Morgan fingerprint density at radius 2 is 0.500 bits per heavy atom. The second kappa shape index (κ2) is 30.3. The molecule has 33 nitrogen and oxygen atoms in total. The standard InChI is InChI=1S/C43H32N12O11.C22H17N3O7/c1-20(56)27-5-24(6-28(17-27)39(57)58)14-36-50-44-33(45-51-36)11-21-2-22(12-34-46-52-37(53-47-34)15-25-7-29(40(59)60)18-30(8-25)41(61)62)4-23(3-21)13-35-48-54-38(55-49-35)16-26-9-31(42(63)64)19-32(10-26)43(65)66;1-11(26)14-2-12(3-15(8-14)20(27)28)6-18-10-23-19(25-24-18)7-13-4-16(21(29)30)9-17(5-13)22(31)32/h2-10,17-19H,11-16H2,1H3,(H,57,58)(H,59,60)(H,61,62)(H,63,64)(H,65,66);2-5,8-10,26H,1,6-7H2,(H,27,28)(H,29,30)(H,31,32)/p-8. The van der Waals surface area contributed by atoms with Crippen LogP contribution in [0.1, 0.15) is 197 Å². The summed E-state index contributed by atoms with van der Waals surface area (Å²) in [5.41, 5.74) is 2.01. The Bertz CT molecular complexity index is 4250. The van der Waals surface area contributed by atoms with Gasteiger partial charge in [0.15, 0.2) is 46.6 Å². The van der Waals surface area contributed by atoms with Gasteiger partial charge in [0.1, 0.15) is 0 Å². The number of aromatic carboxylic acids is 8.